The topological polar surface area (TPSA) is 66.8 Å². The molecule has 1 heterocycles. The van der Waals surface area contributed by atoms with Crippen molar-refractivity contribution in [2.24, 2.45) is 7.05 Å². The van der Waals surface area contributed by atoms with Crippen LogP contribution in [0.1, 0.15) is 19.0 Å². The van der Waals surface area contributed by atoms with Crippen LogP contribution in [0.25, 0.3) is 0 Å². The van der Waals surface area contributed by atoms with Crippen molar-refractivity contribution in [2.75, 3.05) is 38.7 Å². The van der Waals surface area contributed by atoms with Crippen LogP contribution in [-0.2, 0) is 23.1 Å². The number of hydrogen-bond donors (Lipinski definition) is 1. The first kappa shape index (κ1) is 24.1. The predicted molar refractivity (Wildman–Crippen MR) is 120 cm³/mol. The molecule has 2 aromatic rings. The average molecular weight is 455 g/mol. The van der Waals surface area contributed by atoms with Crippen LogP contribution >= 0.6 is 23.2 Å². The minimum absolute atomic E-state index is 0.0326. The van der Waals surface area contributed by atoms with E-state index in [1.165, 1.54) is 4.90 Å². The maximum absolute atomic E-state index is 13.0. The molecule has 3 amide bonds. The minimum Gasteiger partial charge on any atom is -0.383 e. The van der Waals surface area contributed by atoms with E-state index in [1.54, 1.807) is 30.2 Å². The molecule has 164 valence electrons. The number of anilines is 1. The molecule has 0 fully saturated rings. The number of ether oxygens (including phenoxy) is 1. The van der Waals surface area contributed by atoms with Gasteiger partial charge in [0, 0.05) is 44.8 Å². The van der Waals surface area contributed by atoms with Gasteiger partial charge in [-0.3, -0.25) is 4.79 Å². The summed E-state index contributed by atoms with van der Waals surface area (Å²) in [5, 5.41) is 3.54. The van der Waals surface area contributed by atoms with Gasteiger partial charge >= 0.3 is 6.03 Å². The Morgan fingerprint density at radius 1 is 1.13 bits per heavy atom. The van der Waals surface area contributed by atoms with Crippen molar-refractivity contribution in [1.29, 1.82) is 0 Å². The molecule has 9 heteroatoms. The molecule has 30 heavy (non-hydrogen) atoms. The second-order valence-electron chi connectivity index (χ2n) is 6.90. The monoisotopic (exact) mass is 454 g/mol. The van der Waals surface area contributed by atoms with Gasteiger partial charge in [-0.2, -0.15) is 0 Å². The second kappa shape index (κ2) is 11.8. The Kier molecular flexibility index (Phi) is 9.49. The molecule has 0 unspecified atom stereocenters. The van der Waals surface area contributed by atoms with Crippen LogP contribution in [0.5, 0.6) is 0 Å². The molecule has 0 saturated carbocycles. The summed E-state index contributed by atoms with van der Waals surface area (Å²) in [6, 6.07) is 8.39. The average Bonchev–Trinajstić information content (AvgIpc) is 3.12. The maximum atomic E-state index is 13.0. The van der Waals surface area contributed by atoms with E-state index in [9.17, 15) is 9.59 Å². The number of hydrogen-bond acceptors (Lipinski definition) is 3. The predicted octanol–water partition coefficient (Wildman–Crippen LogP) is 4.25. The fraction of sp³-hybridized carbons (Fsp3) is 0.429. The first-order valence-corrected chi connectivity index (χ1v) is 10.5. The number of urea groups is 1. The number of aromatic nitrogens is 1. The molecule has 7 nitrogen and oxygen atoms in total. The third-order valence-corrected chi connectivity index (χ3v) is 5.34. The molecule has 0 aliphatic rings. The summed E-state index contributed by atoms with van der Waals surface area (Å²) >= 11 is 11.9. The van der Waals surface area contributed by atoms with Crippen molar-refractivity contribution in [3.05, 3.63) is 52.3 Å². The minimum atomic E-state index is -0.367. The summed E-state index contributed by atoms with van der Waals surface area (Å²) < 4.78 is 7.12. The molecule has 2 rings (SSSR count). The quantitative estimate of drug-likeness (QED) is 0.583. The van der Waals surface area contributed by atoms with Crippen LogP contribution in [0.4, 0.5) is 10.5 Å². The van der Waals surface area contributed by atoms with E-state index in [0.29, 0.717) is 42.0 Å². The summed E-state index contributed by atoms with van der Waals surface area (Å²) in [6.07, 6.45) is 2.65. The third-order valence-electron chi connectivity index (χ3n) is 4.60. The van der Waals surface area contributed by atoms with Gasteiger partial charge in [0.25, 0.3) is 0 Å². The Morgan fingerprint density at radius 3 is 2.50 bits per heavy atom. The zero-order valence-electron chi connectivity index (χ0n) is 17.5. The number of methoxy groups -OCH3 is 1. The normalized spacial score (nSPS) is 10.7. The highest BCUT2D eigenvalue weighted by atomic mass is 35.5. The van der Waals surface area contributed by atoms with Gasteiger partial charge in [-0.25, -0.2) is 4.79 Å². The Balaban J connectivity index is 2.08. The van der Waals surface area contributed by atoms with Gasteiger partial charge in [-0.15, -0.1) is 0 Å². The lowest BCUT2D eigenvalue weighted by Gasteiger charge is -2.27. The zero-order chi connectivity index (χ0) is 22.1. The van der Waals surface area contributed by atoms with Crippen molar-refractivity contribution >= 4 is 40.8 Å². The van der Waals surface area contributed by atoms with Crippen molar-refractivity contribution in [2.45, 2.75) is 19.9 Å². The van der Waals surface area contributed by atoms with Crippen LogP contribution in [-0.4, -0.2) is 59.7 Å². The Labute approximate surface area is 187 Å². The highest BCUT2D eigenvalue weighted by Gasteiger charge is 2.22. The number of halogens is 2. The number of nitrogens with zero attached hydrogens (tertiary/aromatic N) is 3. The highest BCUT2D eigenvalue weighted by molar-refractivity contribution is 6.42. The fourth-order valence-electron chi connectivity index (χ4n) is 2.91. The first-order chi connectivity index (χ1) is 14.3. The van der Waals surface area contributed by atoms with Crippen molar-refractivity contribution in [3.8, 4) is 0 Å². The van der Waals surface area contributed by atoms with Crippen molar-refractivity contribution < 1.29 is 14.3 Å². The maximum Gasteiger partial charge on any atom is 0.322 e. The fourth-order valence-corrected chi connectivity index (χ4v) is 3.21. The molecule has 0 atom stereocenters. The number of rotatable bonds is 10. The van der Waals surface area contributed by atoms with Gasteiger partial charge < -0.3 is 24.4 Å². The van der Waals surface area contributed by atoms with Gasteiger partial charge in [0.2, 0.25) is 5.91 Å². The lowest BCUT2D eigenvalue weighted by Crippen LogP contribution is -2.45. The van der Waals surface area contributed by atoms with Crippen LogP contribution in [0.3, 0.4) is 0 Å². The summed E-state index contributed by atoms with van der Waals surface area (Å²) in [7, 11) is 3.53. The number of nitrogens with one attached hydrogen (secondary N) is 1. The lowest BCUT2D eigenvalue weighted by molar-refractivity contribution is -0.133. The number of carbonyl (C=O) groups excluding carboxylic acids is 2. The van der Waals surface area contributed by atoms with Crippen molar-refractivity contribution in [1.82, 2.24) is 14.4 Å². The van der Waals surface area contributed by atoms with Gasteiger partial charge in [0.05, 0.1) is 23.2 Å². The molecule has 1 aromatic carbocycles. The van der Waals surface area contributed by atoms with Gasteiger partial charge in [-0.05, 0) is 36.8 Å². The van der Waals surface area contributed by atoms with Gasteiger partial charge in [0.15, 0.2) is 0 Å². The van der Waals surface area contributed by atoms with E-state index in [2.05, 4.69) is 5.32 Å². The Morgan fingerprint density at radius 2 is 1.90 bits per heavy atom. The van der Waals surface area contributed by atoms with Crippen LogP contribution in [0.15, 0.2) is 36.5 Å². The van der Waals surface area contributed by atoms with E-state index in [-0.39, 0.29) is 18.5 Å². The molecular weight excluding hydrogens is 427 g/mol. The first-order valence-electron chi connectivity index (χ1n) is 9.73. The van der Waals surface area contributed by atoms with Gasteiger partial charge in [-0.1, -0.05) is 30.1 Å². The van der Waals surface area contributed by atoms with E-state index in [4.69, 9.17) is 27.9 Å². The molecule has 0 saturated heterocycles. The molecule has 0 aliphatic heterocycles. The molecule has 1 N–H and O–H groups in total. The zero-order valence-corrected chi connectivity index (χ0v) is 19.0. The number of amides is 3. The summed E-state index contributed by atoms with van der Waals surface area (Å²) in [6.45, 7) is 3.67. The molecule has 0 bridgehead atoms. The van der Waals surface area contributed by atoms with E-state index in [1.807, 2.05) is 36.9 Å². The molecule has 0 spiro atoms. The number of benzene rings is 1. The van der Waals surface area contributed by atoms with E-state index in [0.717, 1.165) is 12.1 Å². The molecule has 1 aromatic heterocycles. The van der Waals surface area contributed by atoms with E-state index < -0.39 is 0 Å². The summed E-state index contributed by atoms with van der Waals surface area (Å²) in [4.78, 5) is 29.0. The summed E-state index contributed by atoms with van der Waals surface area (Å²) in [5.74, 6) is -0.147. The smallest absolute Gasteiger partial charge is 0.322 e. The van der Waals surface area contributed by atoms with Crippen molar-refractivity contribution in [3.63, 3.8) is 0 Å². The molecule has 0 aliphatic carbocycles. The molecular formula is C21H28Cl2N4O3. The Bertz CT molecular complexity index is 857. The largest absolute Gasteiger partial charge is 0.383 e. The number of aryl methyl sites for hydroxylation is 1. The highest BCUT2D eigenvalue weighted by Crippen LogP contribution is 2.25. The molecule has 0 radical (unpaired) electrons. The summed E-state index contributed by atoms with van der Waals surface area (Å²) in [5.41, 5.74) is 1.52. The van der Waals surface area contributed by atoms with Crippen LogP contribution in [0, 0.1) is 0 Å². The standard InChI is InChI=1S/C21H28Cl2N4O3/c1-4-9-27(21(29)24-16-7-8-18(22)19(23)13-16)15-20(28)26(11-12-30-3)14-17-6-5-10-25(17)2/h5-8,10,13H,4,9,11-12,14-15H2,1-3H3,(H,24,29). The number of carbonyl (C=O) groups is 2. The van der Waals surface area contributed by atoms with E-state index >= 15 is 0 Å². The van der Waals surface area contributed by atoms with Gasteiger partial charge in [0.1, 0.15) is 6.54 Å². The second-order valence-corrected chi connectivity index (χ2v) is 7.71. The third kappa shape index (κ3) is 6.93. The van der Waals surface area contributed by atoms with Crippen LogP contribution < -0.4 is 5.32 Å². The Hall–Kier alpha value is -2.22. The van der Waals surface area contributed by atoms with Crippen LogP contribution in [0.2, 0.25) is 10.0 Å². The SMILES string of the molecule is CCCN(CC(=O)N(CCOC)Cc1cccn1C)C(=O)Nc1ccc(Cl)c(Cl)c1. The lowest BCUT2D eigenvalue weighted by atomic mass is 10.3.